The van der Waals surface area contributed by atoms with Crippen molar-refractivity contribution in [3.05, 3.63) is 66.7 Å². The normalized spacial score (nSPS) is 17.3. The first-order chi connectivity index (χ1) is 15.7. The molecule has 174 valence electrons. The third kappa shape index (κ3) is 6.16. The highest BCUT2D eigenvalue weighted by molar-refractivity contribution is 8.15. The number of thioether (sulfide) groups is 1. The molecular weight excluding hydrogens is 455 g/mol. The van der Waals surface area contributed by atoms with Gasteiger partial charge in [-0.2, -0.15) is 13.2 Å². The van der Waals surface area contributed by atoms with E-state index in [0.717, 1.165) is 17.8 Å². The van der Waals surface area contributed by atoms with Crippen LogP contribution in [0.3, 0.4) is 0 Å². The second-order valence-electron chi connectivity index (χ2n) is 6.96. The summed E-state index contributed by atoms with van der Waals surface area (Å²) in [6, 6.07) is 11.7. The summed E-state index contributed by atoms with van der Waals surface area (Å²) in [7, 11) is 0. The number of aliphatic imine (C=N–C) groups is 1. The summed E-state index contributed by atoms with van der Waals surface area (Å²) in [4.78, 5) is 31.2. The van der Waals surface area contributed by atoms with Crippen molar-refractivity contribution in [2.24, 2.45) is 4.99 Å². The summed E-state index contributed by atoms with van der Waals surface area (Å²) in [5, 5.41) is 1.85. The molecule has 0 spiro atoms. The van der Waals surface area contributed by atoms with Crippen LogP contribution in [0.4, 0.5) is 24.5 Å². The molecule has 1 aliphatic heterocycles. The highest BCUT2D eigenvalue weighted by Crippen LogP contribution is 2.36. The molecule has 1 heterocycles. The lowest BCUT2D eigenvalue weighted by molar-refractivity contribution is -0.137. The fourth-order valence-electron chi connectivity index (χ4n) is 3.13. The van der Waals surface area contributed by atoms with E-state index in [1.807, 2.05) is 6.92 Å². The topological polar surface area (TPSA) is 71.0 Å². The van der Waals surface area contributed by atoms with Crippen LogP contribution in [0.15, 0.2) is 66.2 Å². The Labute approximate surface area is 193 Å². The summed E-state index contributed by atoms with van der Waals surface area (Å²) in [5.41, 5.74) is -0.710. The molecule has 33 heavy (non-hydrogen) atoms. The number of anilines is 1. The minimum absolute atomic E-state index is 0.191. The van der Waals surface area contributed by atoms with Crippen molar-refractivity contribution in [3.8, 4) is 5.75 Å². The molecule has 0 aromatic heterocycles. The smallest absolute Gasteiger partial charge is 0.418 e. The number of hydrogen-bond donors (Lipinski definition) is 1. The predicted octanol–water partition coefficient (Wildman–Crippen LogP) is 5.25. The second kappa shape index (κ2) is 10.6. The van der Waals surface area contributed by atoms with E-state index in [1.54, 1.807) is 24.3 Å². The van der Waals surface area contributed by atoms with E-state index >= 15 is 0 Å². The van der Waals surface area contributed by atoms with Gasteiger partial charge in [0.2, 0.25) is 11.8 Å². The minimum Gasteiger partial charge on any atom is -0.494 e. The SMILES string of the molecule is C=CCN1C(=O)[C@H](CC(=O)Nc2ccccc2C(F)(F)F)SC1=Nc1ccc(OCC)cc1. The summed E-state index contributed by atoms with van der Waals surface area (Å²) < 4.78 is 44.9. The van der Waals surface area contributed by atoms with Crippen molar-refractivity contribution in [1.82, 2.24) is 4.90 Å². The molecule has 1 N–H and O–H groups in total. The number of carbonyl (C=O) groups excluding carboxylic acids is 2. The number of ether oxygens (including phenoxy) is 1. The zero-order chi connectivity index (χ0) is 24.0. The quantitative estimate of drug-likeness (QED) is 0.527. The van der Waals surface area contributed by atoms with Crippen LogP contribution in [0.2, 0.25) is 0 Å². The molecule has 0 radical (unpaired) electrons. The number of nitrogens with one attached hydrogen (secondary N) is 1. The first-order valence-electron chi connectivity index (χ1n) is 10.1. The Kier molecular flexibility index (Phi) is 7.80. The average molecular weight is 478 g/mol. The predicted molar refractivity (Wildman–Crippen MR) is 123 cm³/mol. The third-order valence-corrected chi connectivity index (χ3v) is 5.76. The number of alkyl halides is 3. The first-order valence-corrected chi connectivity index (χ1v) is 11.0. The van der Waals surface area contributed by atoms with E-state index in [1.165, 1.54) is 29.2 Å². The number of benzene rings is 2. The maximum Gasteiger partial charge on any atom is 0.418 e. The number of carbonyl (C=O) groups is 2. The number of rotatable bonds is 8. The van der Waals surface area contributed by atoms with Gasteiger partial charge in [-0.1, -0.05) is 30.0 Å². The lowest BCUT2D eigenvalue weighted by atomic mass is 10.1. The summed E-state index contributed by atoms with van der Waals surface area (Å²) in [5.74, 6) is -0.365. The van der Waals surface area contributed by atoms with Crippen LogP contribution >= 0.6 is 11.8 Å². The van der Waals surface area contributed by atoms with Gasteiger partial charge in [0.25, 0.3) is 0 Å². The van der Waals surface area contributed by atoms with Crippen molar-refractivity contribution < 1.29 is 27.5 Å². The van der Waals surface area contributed by atoms with Crippen LogP contribution in [-0.4, -0.2) is 40.3 Å². The Morgan fingerprint density at radius 1 is 1.24 bits per heavy atom. The number of amides is 2. The Hall–Kier alpha value is -3.27. The Morgan fingerprint density at radius 3 is 2.58 bits per heavy atom. The zero-order valence-electron chi connectivity index (χ0n) is 17.8. The average Bonchev–Trinajstić information content (AvgIpc) is 3.04. The van der Waals surface area contributed by atoms with Gasteiger partial charge in [0, 0.05) is 13.0 Å². The Balaban J connectivity index is 1.74. The largest absolute Gasteiger partial charge is 0.494 e. The van der Waals surface area contributed by atoms with Crippen molar-refractivity contribution in [1.29, 1.82) is 0 Å². The maximum absolute atomic E-state index is 13.2. The number of hydrogen-bond acceptors (Lipinski definition) is 5. The van der Waals surface area contributed by atoms with E-state index in [0.29, 0.717) is 23.2 Å². The van der Waals surface area contributed by atoms with Gasteiger partial charge in [-0.05, 0) is 43.3 Å². The fourth-order valence-corrected chi connectivity index (χ4v) is 4.29. The van der Waals surface area contributed by atoms with E-state index in [-0.39, 0.29) is 24.6 Å². The van der Waals surface area contributed by atoms with Gasteiger partial charge >= 0.3 is 6.18 Å². The molecule has 1 atom stereocenters. The molecular formula is C23H22F3N3O3S. The zero-order valence-corrected chi connectivity index (χ0v) is 18.6. The lowest BCUT2D eigenvalue weighted by Gasteiger charge is -2.15. The first kappa shape index (κ1) is 24.4. The minimum atomic E-state index is -4.61. The third-order valence-electron chi connectivity index (χ3n) is 4.58. The highest BCUT2D eigenvalue weighted by atomic mass is 32.2. The van der Waals surface area contributed by atoms with E-state index in [2.05, 4.69) is 16.9 Å². The van der Waals surface area contributed by atoms with Crippen LogP contribution in [-0.2, 0) is 15.8 Å². The molecule has 1 fully saturated rings. The van der Waals surface area contributed by atoms with Crippen LogP contribution in [0.25, 0.3) is 0 Å². The Morgan fingerprint density at radius 2 is 1.94 bits per heavy atom. The van der Waals surface area contributed by atoms with E-state index in [4.69, 9.17) is 4.74 Å². The highest BCUT2D eigenvalue weighted by Gasteiger charge is 2.39. The van der Waals surface area contributed by atoms with E-state index < -0.39 is 22.9 Å². The maximum atomic E-state index is 13.2. The van der Waals surface area contributed by atoms with Crippen LogP contribution in [0.5, 0.6) is 5.75 Å². The number of amidine groups is 1. The van der Waals surface area contributed by atoms with Crippen molar-refractivity contribution >= 4 is 40.1 Å². The van der Waals surface area contributed by atoms with Gasteiger partial charge in [0.1, 0.15) is 11.0 Å². The monoisotopic (exact) mass is 477 g/mol. The summed E-state index contributed by atoms with van der Waals surface area (Å²) in [6.07, 6.45) is -3.38. The number of nitrogens with zero attached hydrogens (tertiary/aromatic N) is 2. The van der Waals surface area contributed by atoms with Crippen LogP contribution in [0.1, 0.15) is 18.9 Å². The molecule has 0 unspecified atom stereocenters. The lowest BCUT2D eigenvalue weighted by Crippen LogP contribution is -2.33. The van der Waals surface area contributed by atoms with Crippen LogP contribution in [0, 0.1) is 0 Å². The molecule has 1 aliphatic rings. The molecule has 0 saturated carbocycles. The van der Waals surface area contributed by atoms with Gasteiger partial charge in [-0.25, -0.2) is 4.99 Å². The molecule has 2 amide bonds. The van der Waals surface area contributed by atoms with Gasteiger partial charge in [-0.3, -0.25) is 14.5 Å². The molecule has 10 heteroatoms. The molecule has 3 rings (SSSR count). The van der Waals surface area contributed by atoms with Crippen LogP contribution < -0.4 is 10.1 Å². The Bertz CT molecular complexity index is 1050. The fraction of sp³-hybridized carbons (Fsp3) is 0.261. The second-order valence-corrected chi connectivity index (χ2v) is 8.13. The molecule has 2 aromatic rings. The van der Waals surface area contributed by atoms with E-state index in [9.17, 15) is 22.8 Å². The molecule has 0 aliphatic carbocycles. The molecule has 1 saturated heterocycles. The molecule has 2 aromatic carbocycles. The number of para-hydroxylation sites is 1. The van der Waals surface area contributed by atoms with Crippen molar-refractivity contribution in [2.75, 3.05) is 18.5 Å². The molecule has 0 bridgehead atoms. The van der Waals surface area contributed by atoms with Crippen molar-refractivity contribution in [2.45, 2.75) is 24.8 Å². The van der Waals surface area contributed by atoms with Gasteiger partial charge in [-0.15, -0.1) is 6.58 Å². The van der Waals surface area contributed by atoms with Crippen molar-refractivity contribution in [3.63, 3.8) is 0 Å². The number of halogens is 3. The van der Waals surface area contributed by atoms with Gasteiger partial charge in [0.05, 0.1) is 23.5 Å². The molecule has 6 nitrogen and oxygen atoms in total. The standard InChI is InChI=1S/C23H22F3N3O3S/c1-3-13-29-21(31)19(33-22(29)27-15-9-11-16(12-10-15)32-4-2)14-20(30)28-18-8-6-5-7-17(18)23(24,25)26/h3,5-12,19H,1,4,13-14H2,2H3,(H,28,30)/t19-/m0/s1. The van der Waals surface area contributed by atoms with Gasteiger partial charge in [0.15, 0.2) is 5.17 Å². The summed E-state index contributed by atoms with van der Waals surface area (Å²) >= 11 is 1.09. The van der Waals surface area contributed by atoms with Gasteiger partial charge < -0.3 is 10.1 Å². The summed E-state index contributed by atoms with van der Waals surface area (Å²) in [6.45, 7) is 6.24.